The molecule has 0 saturated heterocycles. The van der Waals surface area contributed by atoms with Crippen LogP contribution in [0.5, 0.6) is 5.88 Å². The van der Waals surface area contributed by atoms with Crippen LogP contribution in [0.2, 0.25) is 5.02 Å². The number of fused-ring (bicyclic) bond motifs is 1. The number of pyridine rings is 1. The molecule has 0 fully saturated rings. The highest BCUT2D eigenvalue weighted by Crippen LogP contribution is 2.35. The Kier molecular flexibility index (Phi) is 8.49. The van der Waals surface area contributed by atoms with Crippen molar-refractivity contribution in [2.24, 2.45) is 0 Å². The first-order valence-corrected chi connectivity index (χ1v) is 11.7. The Morgan fingerprint density at radius 1 is 1.00 bits per heavy atom. The molecule has 0 bridgehead atoms. The number of carbonyl (C=O) groups is 1. The maximum atomic E-state index is 11.5. The first-order chi connectivity index (χ1) is 16.5. The molecule has 0 atom stereocenters. The molecule has 5 nitrogen and oxygen atoms in total. The van der Waals surface area contributed by atoms with Gasteiger partial charge in [0, 0.05) is 16.5 Å². The third-order valence-corrected chi connectivity index (χ3v) is 5.24. The number of carboxylic acid groups (broad SMARTS) is 1. The highest BCUT2D eigenvalue weighted by Gasteiger charge is 2.17. The molecular weight excluding hydrogens is 462 g/mol. The van der Waals surface area contributed by atoms with Gasteiger partial charge in [0.2, 0.25) is 5.88 Å². The number of rotatable bonds is 6. The van der Waals surface area contributed by atoms with Crippen LogP contribution in [0.25, 0.3) is 22.0 Å². The Morgan fingerprint density at radius 3 is 2.23 bits per heavy atom. The Hall–Kier alpha value is -3.41. The SMILES string of the molecule is CC(C)(C)O.Cc1cc2nc(OCc3ccccc3)ccc2c(-c2ccc(Cl)cc2)c1CC(=O)O. The molecule has 0 unspecified atom stereocenters. The van der Waals surface area contributed by atoms with Crippen LogP contribution >= 0.6 is 11.6 Å². The lowest BCUT2D eigenvalue weighted by Gasteiger charge is -2.16. The topological polar surface area (TPSA) is 79.7 Å². The predicted molar refractivity (Wildman–Crippen MR) is 141 cm³/mol. The van der Waals surface area contributed by atoms with E-state index in [4.69, 9.17) is 21.4 Å². The van der Waals surface area contributed by atoms with E-state index in [9.17, 15) is 9.90 Å². The number of hydrogen-bond acceptors (Lipinski definition) is 4. The van der Waals surface area contributed by atoms with E-state index in [0.717, 1.165) is 38.7 Å². The van der Waals surface area contributed by atoms with Gasteiger partial charge < -0.3 is 14.9 Å². The van der Waals surface area contributed by atoms with Gasteiger partial charge in [0.05, 0.1) is 17.5 Å². The number of benzene rings is 3. The molecule has 0 spiro atoms. The van der Waals surface area contributed by atoms with Crippen LogP contribution in [0.3, 0.4) is 0 Å². The van der Waals surface area contributed by atoms with Crippen molar-refractivity contribution >= 4 is 28.5 Å². The van der Waals surface area contributed by atoms with Gasteiger partial charge in [-0.1, -0.05) is 54.1 Å². The molecule has 3 aromatic carbocycles. The van der Waals surface area contributed by atoms with Crippen LogP contribution in [0.4, 0.5) is 0 Å². The summed E-state index contributed by atoms with van der Waals surface area (Å²) < 4.78 is 5.87. The van der Waals surface area contributed by atoms with Crippen molar-refractivity contribution in [2.45, 2.75) is 46.3 Å². The molecular formula is C29H30ClNO4. The van der Waals surface area contributed by atoms with Gasteiger partial charge in [0.15, 0.2) is 0 Å². The summed E-state index contributed by atoms with van der Waals surface area (Å²) >= 11 is 6.06. The molecule has 2 N–H and O–H groups in total. The number of aromatic nitrogens is 1. The van der Waals surface area contributed by atoms with E-state index in [1.165, 1.54) is 0 Å². The summed E-state index contributed by atoms with van der Waals surface area (Å²) in [6.45, 7) is 7.57. The van der Waals surface area contributed by atoms with Gasteiger partial charge in [-0.15, -0.1) is 0 Å². The monoisotopic (exact) mass is 491 g/mol. The second kappa shape index (κ2) is 11.3. The first kappa shape index (κ1) is 26.2. The van der Waals surface area contributed by atoms with E-state index >= 15 is 0 Å². The summed E-state index contributed by atoms with van der Waals surface area (Å²) in [4.78, 5) is 16.2. The van der Waals surface area contributed by atoms with Crippen LogP contribution in [0.15, 0.2) is 72.8 Å². The molecule has 6 heteroatoms. The molecule has 4 rings (SSSR count). The van der Waals surface area contributed by atoms with Gasteiger partial charge in [-0.05, 0) is 79.8 Å². The number of ether oxygens (including phenoxy) is 1. The second-order valence-corrected chi connectivity index (χ2v) is 9.72. The third kappa shape index (κ3) is 7.81. The summed E-state index contributed by atoms with van der Waals surface area (Å²) in [5.74, 6) is -0.345. The summed E-state index contributed by atoms with van der Waals surface area (Å²) in [6, 6.07) is 23.0. The van der Waals surface area contributed by atoms with E-state index < -0.39 is 11.6 Å². The fourth-order valence-electron chi connectivity index (χ4n) is 3.57. The zero-order valence-electron chi connectivity index (χ0n) is 20.4. The van der Waals surface area contributed by atoms with E-state index in [1.54, 1.807) is 32.9 Å². The van der Waals surface area contributed by atoms with Crippen LogP contribution in [0.1, 0.15) is 37.5 Å². The summed E-state index contributed by atoms with van der Waals surface area (Å²) in [5, 5.41) is 19.5. The average molecular weight is 492 g/mol. The summed E-state index contributed by atoms with van der Waals surface area (Å²) in [5.41, 5.74) is 4.75. The number of aliphatic carboxylic acids is 1. The Labute approximate surface area is 211 Å². The minimum atomic E-state index is -0.872. The minimum absolute atomic E-state index is 0.0635. The lowest BCUT2D eigenvalue weighted by Crippen LogP contribution is -2.10. The minimum Gasteiger partial charge on any atom is -0.481 e. The van der Waals surface area contributed by atoms with Gasteiger partial charge in [0.1, 0.15) is 6.61 Å². The van der Waals surface area contributed by atoms with Crippen molar-refractivity contribution in [2.75, 3.05) is 0 Å². The first-order valence-electron chi connectivity index (χ1n) is 11.3. The quantitative estimate of drug-likeness (QED) is 0.308. The van der Waals surface area contributed by atoms with Crippen LogP contribution in [-0.4, -0.2) is 26.8 Å². The molecule has 0 aliphatic carbocycles. The van der Waals surface area contributed by atoms with Crippen LogP contribution in [-0.2, 0) is 17.8 Å². The smallest absolute Gasteiger partial charge is 0.307 e. The summed E-state index contributed by atoms with van der Waals surface area (Å²) in [7, 11) is 0. The van der Waals surface area contributed by atoms with E-state index in [-0.39, 0.29) is 6.42 Å². The molecule has 0 amide bonds. The normalized spacial score (nSPS) is 11.0. The van der Waals surface area contributed by atoms with Crippen molar-refractivity contribution in [1.82, 2.24) is 4.98 Å². The zero-order valence-corrected chi connectivity index (χ0v) is 21.1. The van der Waals surface area contributed by atoms with Crippen LogP contribution < -0.4 is 4.74 Å². The van der Waals surface area contributed by atoms with Gasteiger partial charge in [-0.2, -0.15) is 0 Å². The highest BCUT2D eigenvalue weighted by atomic mass is 35.5. The number of nitrogens with zero attached hydrogens (tertiary/aromatic N) is 1. The number of hydrogen-bond donors (Lipinski definition) is 2. The molecule has 35 heavy (non-hydrogen) atoms. The van der Waals surface area contributed by atoms with Crippen molar-refractivity contribution < 1.29 is 19.7 Å². The van der Waals surface area contributed by atoms with E-state index in [2.05, 4.69) is 4.98 Å². The molecule has 0 aliphatic heterocycles. The molecule has 1 heterocycles. The predicted octanol–water partition coefficient (Wildman–Crippen LogP) is 6.85. The number of halogens is 1. The zero-order chi connectivity index (χ0) is 25.6. The average Bonchev–Trinajstić information content (AvgIpc) is 2.78. The molecule has 182 valence electrons. The number of aryl methyl sites for hydroxylation is 1. The highest BCUT2D eigenvalue weighted by molar-refractivity contribution is 6.30. The van der Waals surface area contributed by atoms with Gasteiger partial charge in [-0.25, -0.2) is 4.98 Å². The lowest BCUT2D eigenvalue weighted by atomic mass is 9.90. The fourth-order valence-corrected chi connectivity index (χ4v) is 3.69. The van der Waals surface area contributed by atoms with Gasteiger partial charge >= 0.3 is 5.97 Å². The van der Waals surface area contributed by atoms with Crippen molar-refractivity contribution in [3.05, 3.63) is 94.5 Å². The van der Waals surface area contributed by atoms with Crippen molar-refractivity contribution in [1.29, 1.82) is 0 Å². The maximum absolute atomic E-state index is 11.5. The van der Waals surface area contributed by atoms with Crippen molar-refractivity contribution in [3.8, 4) is 17.0 Å². The standard InChI is InChI=1S/C25H20ClNO3.C4H10O/c1-16-13-22-20(11-12-23(27-22)30-15-17-5-3-2-4-6-17)25(21(16)14-24(28)29)18-7-9-19(26)10-8-18;1-4(2,3)5/h2-13H,14-15H2,1H3,(H,28,29);5H,1-3H3. The van der Waals surface area contributed by atoms with E-state index in [0.29, 0.717) is 17.5 Å². The third-order valence-electron chi connectivity index (χ3n) is 4.99. The molecule has 0 aliphatic rings. The lowest BCUT2D eigenvalue weighted by molar-refractivity contribution is -0.136. The van der Waals surface area contributed by atoms with Crippen molar-refractivity contribution in [3.63, 3.8) is 0 Å². The fraction of sp³-hybridized carbons (Fsp3) is 0.241. The summed E-state index contributed by atoms with van der Waals surface area (Å²) in [6.07, 6.45) is -0.0635. The number of carboxylic acids is 1. The van der Waals surface area contributed by atoms with Gasteiger partial charge in [-0.3, -0.25) is 4.79 Å². The molecule has 0 radical (unpaired) electrons. The Balaban J connectivity index is 0.000000623. The second-order valence-electron chi connectivity index (χ2n) is 9.29. The van der Waals surface area contributed by atoms with Crippen LogP contribution in [0, 0.1) is 6.92 Å². The molecule has 0 saturated carbocycles. The van der Waals surface area contributed by atoms with Gasteiger partial charge in [0.25, 0.3) is 0 Å². The Bertz CT molecular complexity index is 1290. The maximum Gasteiger partial charge on any atom is 0.307 e. The van der Waals surface area contributed by atoms with E-state index in [1.807, 2.05) is 67.6 Å². The molecule has 4 aromatic rings. The largest absolute Gasteiger partial charge is 0.481 e. The number of aliphatic hydroxyl groups is 1. The molecule has 1 aromatic heterocycles. The Morgan fingerprint density at radius 2 is 1.63 bits per heavy atom.